The summed E-state index contributed by atoms with van der Waals surface area (Å²) in [6, 6.07) is 14.4. The monoisotopic (exact) mass is 307 g/mol. The quantitative estimate of drug-likeness (QED) is 0.801. The standard InChI is InChI=1S/C13H7BrClNO/c14-10-4-9(8-16)5-13(6-10)17-12-3-1-2-11(15)7-12/h1-7H. The Morgan fingerprint density at radius 1 is 1.12 bits per heavy atom. The number of halogens is 2. The van der Waals surface area contributed by atoms with Crippen LogP contribution in [0.15, 0.2) is 46.9 Å². The molecule has 0 amide bonds. The van der Waals surface area contributed by atoms with Crippen LogP contribution in [0.3, 0.4) is 0 Å². The number of benzene rings is 2. The maximum atomic E-state index is 8.85. The van der Waals surface area contributed by atoms with Crippen molar-refractivity contribution < 1.29 is 4.74 Å². The van der Waals surface area contributed by atoms with Gasteiger partial charge in [0.05, 0.1) is 11.6 Å². The SMILES string of the molecule is N#Cc1cc(Br)cc(Oc2cccc(Cl)c2)c1. The minimum absolute atomic E-state index is 0.538. The Bertz CT molecular complexity index is 592. The first-order chi connectivity index (χ1) is 8.17. The number of nitriles is 1. The molecule has 4 heteroatoms. The highest BCUT2D eigenvalue weighted by Gasteiger charge is 2.02. The van der Waals surface area contributed by atoms with Gasteiger partial charge < -0.3 is 4.74 Å². The lowest BCUT2D eigenvalue weighted by molar-refractivity contribution is 0.482. The van der Waals surface area contributed by atoms with Gasteiger partial charge >= 0.3 is 0 Å². The summed E-state index contributed by atoms with van der Waals surface area (Å²) in [5.41, 5.74) is 0.538. The maximum absolute atomic E-state index is 8.85. The fraction of sp³-hybridized carbons (Fsp3) is 0. The van der Waals surface area contributed by atoms with Gasteiger partial charge in [0.1, 0.15) is 11.5 Å². The van der Waals surface area contributed by atoms with Gasteiger partial charge in [-0.3, -0.25) is 0 Å². The number of rotatable bonds is 2. The number of nitrogens with zero attached hydrogens (tertiary/aromatic N) is 1. The molecular formula is C13H7BrClNO. The Labute approximate surface area is 113 Å². The summed E-state index contributed by atoms with van der Waals surface area (Å²) in [7, 11) is 0. The summed E-state index contributed by atoms with van der Waals surface area (Å²) in [5.74, 6) is 1.23. The lowest BCUT2D eigenvalue weighted by atomic mass is 10.2. The largest absolute Gasteiger partial charge is 0.457 e. The summed E-state index contributed by atoms with van der Waals surface area (Å²) in [4.78, 5) is 0. The minimum atomic E-state index is 0.538. The molecule has 0 unspecified atom stereocenters. The highest BCUT2D eigenvalue weighted by Crippen LogP contribution is 2.27. The zero-order valence-electron chi connectivity index (χ0n) is 8.65. The van der Waals surface area contributed by atoms with Crippen molar-refractivity contribution in [3.63, 3.8) is 0 Å². The van der Waals surface area contributed by atoms with Crippen molar-refractivity contribution in [1.29, 1.82) is 5.26 Å². The summed E-state index contributed by atoms with van der Waals surface area (Å²) in [6.07, 6.45) is 0. The van der Waals surface area contributed by atoms with E-state index in [-0.39, 0.29) is 0 Å². The van der Waals surface area contributed by atoms with Crippen LogP contribution >= 0.6 is 27.5 Å². The van der Waals surface area contributed by atoms with Gasteiger partial charge in [0.25, 0.3) is 0 Å². The molecule has 84 valence electrons. The number of hydrogen-bond donors (Lipinski definition) is 0. The molecule has 0 aliphatic rings. The predicted molar refractivity (Wildman–Crippen MR) is 70.4 cm³/mol. The molecule has 2 rings (SSSR count). The Kier molecular flexibility index (Phi) is 3.68. The van der Waals surface area contributed by atoms with Gasteiger partial charge in [-0.25, -0.2) is 0 Å². The number of hydrogen-bond acceptors (Lipinski definition) is 2. The van der Waals surface area contributed by atoms with Gasteiger partial charge in [0.2, 0.25) is 0 Å². The average Bonchev–Trinajstić information content (AvgIpc) is 2.28. The number of ether oxygens (including phenoxy) is 1. The second-order valence-electron chi connectivity index (χ2n) is 3.35. The molecule has 0 fully saturated rings. The van der Waals surface area contributed by atoms with E-state index in [1.165, 1.54) is 0 Å². The zero-order chi connectivity index (χ0) is 12.3. The van der Waals surface area contributed by atoms with Crippen molar-refractivity contribution in [1.82, 2.24) is 0 Å². The molecule has 0 aliphatic carbocycles. The van der Waals surface area contributed by atoms with Gasteiger partial charge in [0, 0.05) is 9.50 Å². The normalized spacial score (nSPS) is 9.71. The van der Waals surface area contributed by atoms with Crippen molar-refractivity contribution >= 4 is 27.5 Å². The Morgan fingerprint density at radius 2 is 1.94 bits per heavy atom. The molecule has 0 saturated heterocycles. The molecule has 0 aromatic heterocycles. The van der Waals surface area contributed by atoms with Crippen LogP contribution in [-0.2, 0) is 0 Å². The second-order valence-corrected chi connectivity index (χ2v) is 4.70. The highest BCUT2D eigenvalue weighted by molar-refractivity contribution is 9.10. The molecule has 2 nitrogen and oxygen atoms in total. The predicted octanol–water partition coefficient (Wildman–Crippen LogP) is 4.77. The van der Waals surface area contributed by atoms with Crippen LogP contribution in [0.5, 0.6) is 11.5 Å². The van der Waals surface area contributed by atoms with Gasteiger partial charge in [-0.1, -0.05) is 33.6 Å². The molecule has 0 N–H and O–H groups in total. The van der Waals surface area contributed by atoms with E-state index in [1.54, 1.807) is 42.5 Å². The van der Waals surface area contributed by atoms with Gasteiger partial charge in [-0.2, -0.15) is 5.26 Å². The Morgan fingerprint density at radius 3 is 2.65 bits per heavy atom. The van der Waals surface area contributed by atoms with Gasteiger partial charge in [-0.15, -0.1) is 0 Å². The molecule has 2 aromatic rings. The van der Waals surface area contributed by atoms with E-state index in [9.17, 15) is 0 Å². The van der Waals surface area contributed by atoms with Gasteiger partial charge in [0.15, 0.2) is 0 Å². The molecule has 0 aliphatic heterocycles. The average molecular weight is 309 g/mol. The molecule has 0 atom stereocenters. The summed E-state index contributed by atoms with van der Waals surface area (Å²) in [5, 5.41) is 9.46. The highest BCUT2D eigenvalue weighted by atomic mass is 79.9. The van der Waals surface area contributed by atoms with E-state index >= 15 is 0 Å². The van der Waals surface area contributed by atoms with Crippen LogP contribution in [0, 0.1) is 11.3 Å². The molecule has 0 radical (unpaired) electrons. The van der Waals surface area contributed by atoms with Crippen molar-refractivity contribution in [3.05, 3.63) is 57.5 Å². The van der Waals surface area contributed by atoms with Crippen molar-refractivity contribution in [2.45, 2.75) is 0 Å². The first kappa shape index (κ1) is 12.0. The molecule has 0 bridgehead atoms. The van der Waals surface area contributed by atoms with Crippen LogP contribution in [0.25, 0.3) is 0 Å². The smallest absolute Gasteiger partial charge is 0.129 e. The topological polar surface area (TPSA) is 33.0 Å². The van der Waals surface area contributed by atoms with E-state index in [4.69, 9.17) is 21.6 Å². The molecule has 17 heavy (non-hydrogen) atoms. The molecular weight excluding hydrogens is 302 g/mol. The van der Waals surface area contributed by atoms with Crippen LogP contribution in [0.2, 0.25) is 5.02 Å². The van der Waals surface area contributed by atoms with Crippen LogP contribution in [0.4, 0.5) is 0 Å². The van der Waals surface area contributed by atoms with Crippen molar-refractivity contribution in [2.75, 3.05) is 0 Å². The van der Waals surface area contributed by atoms with E-state index in [1.807, 2.05) is 0 Å². The third kappa shape index (κ3) is 3.23. The zero-order valence-corrected chi connectivity index (χ0v) is 11.0. The summed E-state index contributed by atoms with van der Waals surface area (Å²) < 4.78 is 6.42. The van der Waals surface area contributed by atoms with Gasteiger partial charge in [-0.05, 0) is 36.4 Å². The Hall–Kier alpha value is -1.50. The van der Waals surface area contributed by atoms with Crippen molar-refractivity contribution in [3.8, 4) is 17.6 Å². The third-order valence-electron chi connectivity index (χ3n) is 2.03. The molecule has 0 saturated carbocycles. The summed E-state index contributed by atoms with van der Waals surface area (Å²) in [6.45, 7) is 0. The fourth-order valence-corrected chi connectivity index (χ4v) is 2.01. The van der Waals surface area contributed by atoms with E-state index in [0.29, 0.717) is 22.1 Å². The first-order valence-corrected chi connectivity index (χ1v) is 5.98. The van der Waals surface area contributed by atoms with E-state index in [2.05, 4.69) is 22.0 Å². The van der Waals surface area contributed by atoms with Crippen LogP contribution in [-0.4, -0.2) is 0 Å². The van der Waals surface area contributed by atoms with Crippen molar-refractivity contribution in [2.24, 2.45) is 0 Å². The van der Waals surface area contributed by atoms with Crippen LogP contribution in [0.1, 0.15) is 5.56 Å². The van der Waals surface area contributed by atoms with Crippen LogP contribution < -0.4 is 4.74 Å². The van der Waals surface area contributed by atoms with E-state index < -0.39 is 0 Å². The lowest BCUT2D eigenvalue weighted by Crippen LogP contribution is -1.85. The maximum Gasteiger partial charge on any atom is 0.129 e. The molecule has 0 heterocycles. The second kappa shape index (κ2) is 5.22. The Balaban J connectivity index is 2.30. The lowest BCUT2D eigenvalue weighted by Gasteiger charge is -2.06. The third-order valence-corrected chi connectivity index (χ3v) is 2.73. The minimum Gasteiger partial charge on any atom is -0.457 e. The first-order valence-electron chi connectivity index (χ1n) is 4.81. The molecule has 2 aromatic carbocycles. The van der Waals surface area contributed by atoms with E-state index in [0.717, 1.165) is 4.47 Å². The molecule has 0 spiro atoms. The summed E-state index contributed by atoms with van der Waals surface area (Å²) >= 11 is 9.18. The fourth-order valence-electron chi connectivity index (χ4n) is 1.35.